The Labute approximate surface area is 171 Å². The summed E-state index contributed by atoms with van der Waals surface area (Å²) in [7, 11) is 0. The SMILES string of the molecule is CC(C)CCCCCCCCCCCCCCCCCOC(=O)C(C)(C)C. The Morgan fingerprint density at radius 2 is 0.963 bits per heavy atom. The van der Waals surface area contributed by atoms with E-state index in [4.69, 9.17) is 4.74 Å². The van der Waals surface area contributed by atoms with Gasteiger partial charge in [0.05, 0.1) is 12.0 Å². The van der Waals surface area contributed by atoms with Crippen LogP contribution < -0.4 is 0 Å². The standard InChI is InChI=1S/C25H50O2/c1-23(2)21-19-17-15-13-11-9-7-6-8-10-12-14-16-18-20-22-27-24(26)25(3,4)5/h23H,6-22H2,1-5H3. The molecule has 2 heteroatoms. The van der Waals surface area contributed by atoms with E-state index in [0.717, 1.165) is 12.3 Å². The Kier molecular flexibility index (Phi) is 17.2. The molecule has 0 N–H and O–H groups in total. The van der Waals surface area contributed by atoms with Gasteiger partial charge in [-0.15, -0.1) is 0 Å². The van der Waals surface area contributed by atoms with Crippen molar-refractivity contribution in [3.05, 3.63) is 0 Å². The van der Waals surface area contributed by atoms with Crippen molar-refractivity contribution in [2.75, 3.05) is 6.61 Å². The van der Waals surface area contributed by atoms with Crippen molar-refractivity contribution in [1.29, 1.82) is 0 Å². The summed E-state index contributed by atoms with van der Waals surface area (Å²) in [4.78, 5) is 11.6. The Morgan fingerprint density at radius 1 is 0.630 bits per heavy atom. The fraction of sp³-hybridized carbons (Fsp3) is 0.960. The maximum Gasteiger partial charge on any atom is 0.311 e. The third-order valence-corrected chi connectivity index (χ3v) is 5.27. The molecule has 0 fully saturated rings. The molecule has 0 aliphatic carbocycles. The van der Waals surface area contributed by atoms with Crippen LogP contribution in [0.1, 0.15) is 137 Å². The molecule has 2 nitrogen and oxygen atoms in total. The maximum atomic E-state index is 11.6. The molecule has 0 rings (SSSR count). The van der Waals surface area contributed by atoms with Gasteiger partial charge in [0.15, 0.2) is 0 Å². The molecule has 0 aromatic heterocycles. The first-order valence-electron chi connectivity index (χ1n) is 12.0. The minimum Gasteiger partial charge on any atom is -0.465 e. The molecular formula is C25H50O2. The first-order chi connectivity index (χ1) is 12.8. The van der Waals surface area contributed by atoms with Gasteiger partial charge in [-0.25, -0.2) is 0 Å². The van der Waals surface area contributed by atoms with Gasteiger partial charge in [-0.2, -0.15) is 0 Å². The number of hydrogen-bond acceptors (Lipinski definition) is 2. The van der Waals surface area contributed by atoms with Crippen LogP contribution in [-0.4, -0.2) is 12.6 Å². The van der Waals surface area contributed by atoms with Gasteiger partial charge < -0.3 is 4.74 Å². The molecule has 0 saturated carbocycles. The molecule has 162 valence electrons. The van der Waals surface area contributed by atoms with Gasteiger partial charge in [0.1, 0.15) is 0 Å². The highest BCUT2D eigenvalue weighted by atomic mass is 16.5. The fourth-order valence-corrected chi connectivity index (χ4v) is 3.33. The van der Waals surface area contributed by atoms with Gasteiger partial charge in [0, 0.05) is 0 Å². The normalized spacial score (nSPS) is 11.9. The lowest BCUT2D eigenvalue weighted by Gasteiger charge is -2.16. The van der Waals surface area contributed by atoms with Crippen LogP contribution in [0.15, 0.2) is 0 Å². The van der Waals surface area contributed by atoms with E-state index in [9.17, 15) is 4.79 Å². The second-order valence-corrected chi connectivity index (χ2v) is 9.87. The molecule has 0 aliphatic rings. The molecule has 0 spiro atoms. The third kappa shape index (κ3) is 20.0. The lowest BCUT2D eigenvalue weighted by Crippen LogP contribution is -2.23. The summed E-state index contributed by atoms with van der Waals surface area (Å²) in [6.07, 6.45) is 21.9. The molecule has 0 radical (unpaired) electrons. The van der Waals surface area contributed by atoms with Crippen LogP contribution >= 0.6 is 0 Å². The Bertz CT molecular complexity index is 328. The first-order valence-corrected chi connectivity index (χ1v) is 12.0. The van der Waals surface area contributed by atoms with E-state index in [1.54, 1.807) is 0 Å². The van der Waals surface area contributed by atoms with Crippen molar-refractivity contribution < 1.29 is 9.53 Å². The van der Waals surface area contributed by atoms with Crippen LogP contribution in [0.4, 0.5) is 0 Å². The number of ether oxygens (including phenoxy) is 1. The number of hydrogen-bond donors (Lipinski definition) is 0. The molecule has 0 bridgehead atoms. The summed E-state index contributed by atoms with van der Waals surface area (Å²) in [5.74, 6) is 0.803. The average Bonchev–Trinajstić information content (AvgIpc) is 2.59. The molecule has 27 heavy (non-hydrogen) atoms. The van der Waals surface area contributed by atoms with E-state index < -0.39 is 0 Å². The molecule has 0 aromatic rings. The van der Waals surface area contributed by atoms with Crippen LogP contribution in [0.5, 0.6) is 0 Å². The minimum absolute atomic E-state index is 0.0753. The number of unbranched alkanes of at least 4 members (excludes halogenated alkanes) is 14. The zero-order valence-corrected chi connectivity index (χ0v) is 19.4. The first kappa shape index (κ1) is 26.5. The van der Waals surface area contributed by atoms with Gasteiger partial charge in [0.25, 0.3) is 0 Å². The molecule has 0 unspecified atom stereocenters. The molecule has 0 aromatic carbocycles. The van der Waals surface area contributed by atoms with Gasteiger partial charge in [-0.05, 0) is 33.1 Å². The number of carbonyl (C=O) groups is 1. The van der Waals surface area contributed by atoms with Crippen molar-refractivity contribution >= 4 is 5.97 Å². The number of rotatable bonds is 18. The van der Waals surface area contributed by atoms with Gasteiger partial charge in [0.2, 0.25) is 0 Å². The largest absolute Gasteiger partial charge is 0.465 e. The lowest BCUT2D eigenvalue weighted by atomic mass is 9.97. The topological polar surface area (TPSA) is 26.3 Å². The Balaban J connectivity index is 3.12. The molecular weight excluding hydrogens is 332 g/mol. The van der Waals surface area contributed by atoms with Gasteiger partial charge in [-0.3, -0.25) is 4.79 Å². The molecule has 0 amide bonds. The van der Waals surface area contributed by atoms with Crippen LogP contribution in [0.25, 0.3) is 0 Å². The zero-order valence-electron chi connectivity index (χ0n) is 19.4. The van der Waals surface area contributed by atoms with Crippen molar-refractivity contribution in [1.82, 2.24) is 0 Å². The van der Waals surface area contributed by atoms with E-state index in [1.807, 2.05) is 20.8 Å². The molecule has 0 saturated heterocycles. The second kappa shape index (κ2) is 17.6. The quantitative estimate of drug-likeness (QED) is 0.175. The smallest absolute Gasteiger partial charge is 0.311 e. The second-order valence-electron chi connectivity index (χ2n) is 9.87. The van der Waals surface area contributed by atoms with Crippen molar-refractivity contribution in [3.8, 4) is 0 Å². The van der Waals surface area contributed by atoms with E-state index >= 15 is 0 Å². The van der Waals surface area contributed by atoms with E-state index in [1.165, 1.54) is 96.3 Å². The summed E-state index contributed by atoms with van der Waals surface area (Å²) < 4.78 is 5.30. The Hall–Kier alpha value is -0.530. The lowest BCUT2D eigenvalue weighted by molar-refractivity contribution is -0.153. The predicted octanol–water partition coefficient (Wildman–Crippen LogP) is 8.47. The molecule has 0 atom stereocenters. The van der Waals surface area contributed by atoms with Crippen molar-refractivity contribution in [2.45, 2.75) is 137 Å². The van der Waals surface area contributed by atoms with Crippen LogP contribution in [0.2, 0.25) is 0 Å². The van der Waals surface area contributed by atoms with Crippen molar-refractivity contribution in [3.63, 3.8) is 0 Å². The van der Waals surface area contributed by atoms with Crippen molar-refractivity contribution in [2.24, 2.45) is 11.3 Å². The highest BCUT2D eigenvalue weighted by molar-refractivity contribution is 5.75. The van der Waals surface area contributed by atoms with Gasteiger partial charge in [-0.1, -0.05) is 110 Å². The third-order valence-electron chi connectivity index (χ3n) is 5.27. The summed E-state index contributed by atoms with van der Waals surface area (Å²) >= 11 is 0. The maximum absolute atomic E-state index is 11.6. The predicted molar refractivity (Wildman–Crippen MR) is 119 cm³/mol. The monoisotopic (exact) mass is 382 g/mol. The molecule has 0 heterocycles. The highest BCUT2D eigenvalue weighted by Crippen LogP contribution is 2.16. The number of esters is 1. The molecule has 0 aliphatic heterocycles. The summed E-state index contributed by atoms with van der Waals surface area (Å²) in [6, 6.07) is 0. The van der Waals surface area contributed by atoms with Crippen LogP contribution in [-0.2, 0) is 9.53 Å². The number of carbonyl (C=O) groups excluding carboxylic acids is 1. The van der Waals surface area contributed by atoms with E-state index in [-0.39, 0.29) is 11.4 Å². The summed E-state index contributed by atoms with van der Waals surface area (Å²) in [5.41, 5.74) is -0.368. The summed E-state index contributed by atoms with van der Waals surface area (Å²) in [6.45, 7) is 11.0. The zero-order chi connectivity index (χ0) is 20.4. The van der Waals surface area contributed by atoms with Crippen LogP contribution in [0, 0.1) is 11.3 Å². The highest BCUT2D eigenvalue weighted by Gasteiger charge is 2.22. The van der Waals surface area contributed by atoms with E-state index in [0.29, 0.717) is 6.61 Å². The van der Waals surface area contributed by atoms with Gasteiger partial charge >= 0.3 is 5.97 Å². The minimum atomic E-state index is -0.368. The fourth-order valence-electron chi connectivity index (χ4n) is 3.33. The summed E-state index contributed by atoms with van der Waals surface area (Å²) in [5, 5.41) is 0. The van der Waals surface area contributed by atoms with E-state index in [2.05, 4.69) is 13.8 Å². The average molecular weight is 383 g/mol. The Morgan fingerprint density at radius 3 is 1.30 bits per heavy atom. The van der Waals surface area contributed by atoms with Crippen LogP contribution in [0.3, 0.4) is 0 Å².